The van der Waals surface area contributed by atoms with Gasteiger partial charge in [-0.15, -0.1) is 0 Å². The zero-order chi connectivity index (χ0) is 14.6. The number of likely N-dealkylation sites (N-methyl/N-ethyl adjacent to an activating group) is 1. The monoisotopic (exact) mass is 330 g/mol. The molecule has 1 unspecified atom stereocenters. The van der Waals surface area contributed by atoms with Crippen LogP contribution < -0.4 is 5.32 Å². The third-order valence-corrected chi connectivity index (χ3v) is 3.38. The predicted molar refractivity (Wildman–Crippen MR) is 74.3 cm³/mol. The first kappa shape index (κ1) is 15.6. The van der Waals surface area contributed by atoms with Gasteiger partial charge in [0.25, 0.3) is 5.91 Å². The molecule has 0 heterocycles. The molecular weight excluding hydrogens is 315 g/mol. The van der Waals surface area contributed by atoms with Crippen LogP contribution in [0.5, 0.6) is 0 Å². The fraction of sp³-hybridized carbons (Fsp3) is 0.385. The van der Waals surface area contributed by atoms with Gasteiger partial charge in [0, 0.05) is 13.6 Å². The van der Waals surface area contributed by atoms with Crippen molar-refractivity contribution < 1.29 is 14.0 Å². The van der Waals surface area contributed by atoms with Crippen LogP contribution in [0.1, 0.15) is 24.2 Å². The zero-order valence-electron chi connectivity index (χ0n) is 11.0. The molecule has 0 aliphatic rings. The molecule has 0 aliphatic heterocycles. The van der Waals surface area contributed by atoms with E-state index < -0.39 is 17.8 Å². The normalized spacial score (nSPS) is 11.8. The third kappa shape index (κ3) is 3.76. The van der Waals surface area contributed by atoms with Gasteiger partial charge in [0.05, 0.1) is 10.0 Å². The molecule has 0 aromatic heterocycles. The number of carbonyl (C=O) groups excluding carboxylic acids is 2. The minimum absolute atomic E-state index is 0.0897. The van der Waals surface area contributed by atoms with Crippen molar-refractivity contribution in [2.45, 2.75) is 19.9 Å². The summed E-state index contributed by atoms with van der Waals surface area (Å²) in [6.45, 7) is 3.95. The van der Waals surface area contributed by atoms with Crippen molar-refractivity contribution in [3.8, 4) is 0 Å². The van der Waals surface area contributed by atoms with Gasteiger partial charge in [0.2, 0.25) is 5.91 Å². The number of rotatable bonds is 4. The molecule has 1 aromatic carbocycles. The van der Waals surface area contributed by atoms with E-state index >= 15 is 0 Å². The highest BCUT2D eigenvalue weighted by Crippen LogP contribution is 2.18. The van der Waals surface area contributed by atoms with Crippen molar-refractivity contribution in [1.29, 1.82) is 0 Å². The summed E-state index contributed by atoms with van der Waals surface area (Å²) >= 11 is 3.01. The van der Waals surface area contributed by atoms with E-state index in [0.29, 0.717) is 6.54 Å². The fourth-order valence-electron chi connectivity index (χ4n) is 1.50. The molecule has 0 saturated carbocycles. The van der Waals surface area contributed by atoms with Gasteiger partial charge in [0.15, 0.2) is 0 Å². The van der Waals surface area contributed by atoms with Gasteiger partial charge in [-0.1, -0.05) is 6.07 Å². The Kier molecular flexibility index (Phi) is 5.47. The fourth-order valence-corrected chi connectivity index (χ4v) is 1.87. The summed E-state index contributed by atoms with van der Waals surface area (Å²) in [6, 6.07) is 3.74. The van der Waals surface area contributed by atoms with Crippen LogP contribution in [0, 0.1) is 5.82 Å². The molecule has 0 aliphatic carbocycles. The van der Waals surface area contributed by atoms with E-state index in [-0.39, 0.29) is 15.9 Å². The highest BCUT2D eigenvalue weighted by atomic mass is 79.9. The molecule has 19 heavy (non-hydrogen) atoms. The molecule has 0 spiro atoms. The SMILES string of the molecule is CCN(C)C(=O)C(C)NC(=O)c1cccc(Br)c1F. The van der Waals surface area contributed by atoms with Crippen LogP contribution in [0.4, 0.5) is 4.39 Å². The molecule has 0 radical (unpaired) electrons. The second-order valence-electron chi connectivity index (χ2n) is 4.15. The van der Waals surface area contributed by atoms with E-state index in [1.165, 1.54) is 17.0 Å². The van der Waals surface area contributed by atoms with Crippen LogP contribution in [0.25, 0.3) is 0 Å². The summed E-state index contributed by atoms with van der Waals surface area (Å²) in [5.41, 5.74) is -0.0897. The number of benzene rings is 1. The Balaban J connectivity index is 2.80. The molecule has 1 rings (SSSR count). The summed E-state index contributed by atoms with van der Waals surface area (Å²) < 4.78 is 13.9. The van der Waals surface area contributed by atoms with Gasteiger partial charge in [-0.05, 0) is 41.9 Å². The molecular formula is C13H16BrFN2O2. The Labute approximate surface area is 120 Å². The van der Waals surface area contributed by atoms with E-state index in [2.05, 4.69) is 21.2 Å². The summed E-state index contributed by atoms with van der Waals surface area (Å²) in [4.78, 5) is 25.2. The van der Waals surface area contributed by atoms with Crippen LogP contribution >= 0.6 is 15.9 Å². The van der Waals surface area contributed by atoms with Crippen molar-refractivity contribution >= 4 is 27.7 Å². The van der Waals surface area contributed by atoms with Crippen molar-refractivity contribution in [2.24, 2.45) is 0 Å². The Morgan fingerprint density at radius 2 is 2.11 bits per heavy atom. The van der Waals surface area contributed by atoms with Crippen LogP contribution in [0.2, 0.25) is 0 Å². The Morgan fingerprint density at radius 1 is 1.47 bits per heavy atom. The quantitative estimate of drug-likeness (QED) is 0.919. The number of halogens is 2. The molecule has 1 N–H and O–H groups in total. The first-order valence-electron chi connectivity index (χ1n) is 5.88. The van der Waals surface area contributed by atoms with Gasteiger partial charge in [-0.25, -0.2) is 4.39 Å². The summed E-state index contributed by atoms with van der Waals surface area (Å²) in [7, 11) is 1.64. The van der Waals surface area contributed by atoms with Gasteiger partial charge >= 0.3 is 0 Å². The lowest BCUT2D eigenvalue weighted by atomic mass is 10.2. The topological polar surface area (TPSA) is 49.4 Å². The number of nitrogens with zero attached hydrogens (tertiary/aromatic N) is 1. The van der Waals surface area contributed by atoms with E-state index in [9.17, 15) is 14.0 Å². The van der Waals surface area contributed by atoms with Crippen LogP contribution in [-0.4, -0.2) is 36.3 Å². The number of hydrogen-bond acceptors (Lipinski definition) is 2. The van der Waals surface area contributed by atoms with E-state index in [0.717, 1.165) is 0 Å². The number of nitrogens with one attached hydrogen (secondary N) is 1. The lowest BCUT2D eigenvalue weighted by molar-refractivity contribution is -0.131. The minimum Gasteiger partial charge on any atom is -0.344 e. The predicted octanol–water partition coefficient (Wildman–Crippen LogP) is 2.18. The van der Waals surface area contributed by atoms with Crippen molar-refractivity contribution in [3.63, 3.8) is 0 Å². The lowest BCUT2D eigenvalue weighted by Crippen LogP contribution is -2.45. The van der Waals surface area contributed by atoms with E-state index in [1.54, 1.807) is 20.0 Å². The van der Waals surface area contributed by atoms with Crippen LogP contribution in [0.3, 0.4) is 0 Å². The molecule has 4 nitrogen and oxygen atoms in total. The second kappa shape index (κ2) is 6.65. The first-order valence-corrected chi connectivity index (χ1v) is 6.67. The van der Waals surface area contributed by atoms with Gasteiger partial charge in [-0.3, -0.25) is 9.59 Å². The average molecular weight is 331 g/mol. The van der Waals surface area contributed by atoms with Crippen LogP contribution in [-0.2, 0) is 4.79 Å². The molecule has 1 aromatic rings. The summed E-state index contributed by atoms with van der Waals surface area (Å²) in [6.07, 6.45) is 0. The second-order valence-corrected chi connectivity index (χ2v) is 5.00. The maximum atomic E-state index is 13.7. The Hall–Kier alpha value is -1.43. The minimum atomic E-state index is -0.698. The largest absolute Gasteiger partial charge is 0.344 e. The van der Waals surface area contributed by atoms with E-state index in [4.69, 9.17) is 0 Å². The molecule has 6 heteroatoms. The molecule has 0 fully saturated rings. The van der Waals surface area contributed by atoms with Gasteiger partial charge in [0.1, 0.15) is 11.9 Å². The van der Waals surface area contributed by atoms with Gasteiger partial charge < -0.3 is 10.2 Å². The highest BCUT2D eigenvalue weighted by molar-refractivity contribution is 9.10. The Morgan fingerprint density at radius 3 is 2.68 bits per heavy atom. The molecule has 0 bridgehead atoms. The van der Waals surface area contributed by atoms with Crippen molar-refractivity contribution in [2.75, 3.05) is 13.6 Å². The average Bonchev–Trinajstić information content (AvgIpc) is 2.39. The summed E-state index contributed by atoms with van der Waals surface area (Å²) in [5, 5.41) is 2.49. The Bertz CT molecular complexity index is 494. The smallest absolute Gasteiger partial charge is 0.254 e. The summed E-state index contributed by atoms with van der Waals surface area (Å²) in [5.74, 6) is -1.46. The maximum absolute atomic E-state index is 13.7. The maximum Gasteiger partial charge on any atom is 0.254 e. The number of hydrogen-bond donors (Lipinski definition) is 1. The van der Waals surface area contributed by atoms with Crippen molar-refractivity contribution in [1.82, 2.24) is 10.2 Å². The number of amides is 2. The highest BCUT2D eigenvalue weighted by Gasteiger charge is 2.21. The zero-order valence-corrected chi connectivity index (χ0v) is 12.6. The van der Waals surface area contributed by atoms with E-state index in [1.807, 2.05) is 6.92 Å². The molecule has 1 atom stereocenters. The lowest BCUT2D eigenvalue weighted by Gasteiger charge is -2.20. The third-order valence-electron chi connectivity index (χ3n) is 2.76. The van der Waals surface area contributed by atoms with Crippen LogP contribution in [0.15, 0.2) is 22.7 Å². The number of carbonyl (C=O) groups is 2. The standard InChI is InChI=1S/C13H16BrFN2O2/c1-4-17(3)13(19)8(2)16-12(18)9-6-5-7-10(14)11(9)15/h5-8H,4H2,1-3H3,(H,16,18). The van der Waals surface area contributed by atoms with Gasteiger partial charge in [-0.2, -0.15) is 0 Å². The first-order chi connectivity index (χ1) is 8.88. The molecule has 2 amide bonds. The van der Waals surface area contributed by atoms with Crippen molar-refractivity contribution in [3.05, 3.63) is 34.1 Å². The molecule has 104 valence electrons. The molecule has 0 saturated heterocycles.